The quantitative estimate of drug-likeness (QED) is 0.474. The Hall–Kier alpha value is -3.49. The van der Waals surface area contributed by atoms with Gasteiger partial charge in [0, 0.05) is 36.3 Å². The summed E-state index contributed by atoms with van der Waals surface area (Å²) in [7, 11) is 0. The normalized spacial score (nSPS) is 20.0. The number of aromatic nitrogens is 3. The van der Waals surface area contributed by atoms with Gasteiger partial charge >= 0.3 is 0 Å². The van der Waals surface area contributed by atoms with Crippen molar-refractivity contribution in [2.24, 2.45) is 5.92 Å². The van der Waals surface area contributed by atoms with E-state index in [4.69, 9.17) is 4.74 Å². The maximum Gasteiger partial charge on any atom is 0.255 e. The lowest BCUT2D eigenvalue weighted by Gasteiger charge is -2.29. The third-order valence-electron chi connectivity index (χ3n) is 6.84. The Morgan fingerprint density at radius 1 is 1.09 bits per heavy atom. The van der Waals surface area contributed by atoms with Crippen LogP contribution in [-0.2, 0) is 4.79 Å². The lowest BCUT2D eigenvalue weighted by molar-refractivity contribution is -0.119. The zero-order chi connectivity index (χ0) is 24.5. The fraction of sp³-hybridized carbons (Fsp3) is 0.462. The Kier molecular flexibility index (Phi) is 6.40. The van der Waals surface area contributed by atoms with Gasteiger partial charge in [-0.25, -0.2) is 14.4 Å². The van der Waals surface area contributed by atoms with Crippen molar-refractivity contribution in [3.8, 4) is 17.0 Å². The minimum atomic E-state index is -0.374. The van der Waals surface area contributed by atoms with Gasteiger partial charge in [-0.15, -0.1) is 0 Å². The number of benzene rings is 1. The Labute approximate surface area is 203 Å². The highest BCUT2D eigenvalue weighted by molar-refractivity contribution is 6.09. The Morgan fingerprint density at radius 3 is 2.49 bits per heavy atom. The number of H-pyrrole nitrogens is 1. The van der Waals surface area contributed by atoms with Crippen LogP contribution in [0.25, 0.3) is 22.3 Å². The fourth-order valence-electron chi connectivity index (χ4n) is 4.83. The average molecular weight is 480 g/mol. The van der Waals surface area contributed by atoms with Gasteiger partial charge in [0.2, 0.25) is 5.91 Å². The van der Waals surface area contributed by atoms with Gasteiger partial charge in [-0.3, -0.25) is 9.59 Å². The highest BCUT2D eigenvalue weighted by Crippen LogP contribution is 2.36. The number of carbonyl (C=O) groups is 2. The summed E-state index contributed by atoms with van der Waals surface area (Å²) in [5.41, 5.74) is 3.54. The van der Waals surface area contributed by atoms with Gasteiger partial charge in [0.05, 0.1) is 17.7 Å². The van der Waals surface area contributed by atoms with Crippen molar-refractivity contribution in [3.63, 3.8) is 0 Å². The summed E-state index contributed by atoms with van der Waals surface area (Å²) in [6, 6.07) is 4.62. The van der Waals surface area contributed by atoms with Gasteiger partial charge < -0.3 is 20.4 Å². The number of nitrogens with one attached hydrogen (secondary N) is 3. The molecule has 1 aromatic carbocycles. The maximum atomic E-state index is 14.0. The number of carbonyl (C=O) groups excluding carboxylic acids is 2. The number of rotatable bonds is 7. The molecule has 2 aliphatic carbocycles. The molecule has 0 aliphatic heterocycles. The fourth-order valence-corrected chi connectivity index (χ4v) is 4.83. The predicted octanol–water partition coefficient (Wildman–Crippen LogP) is 4.04. The minimum Gasteiger partial charge on any atom is -0.492 e. The molecule has 2 saturated carbocycles. The molecule has 35 heavy (non-hydrogen) atoms. The summed E-state index contributed by atoms with van der Waals surface area (Å²) in [4.78, 5) is 36.7. The number of fused-ring (bicyclic) bond motifs is 1. The Morgan fingerprint density at radius 2 is 1.80 bits per heavy atom. The molecule has 2 amide bonds. The highest BCUT2D eigenvalue weighted by atomic mass is 19.1. The van der Waals surface area contributed by atoms with Crippen molar-refractivity contribution in [2.45, 2.75) is 64.5 Å². The van der Waals surface area contributed by atoms with E-state index < -0.39 is 0 Å². The molecule has 0 atom stereocenters. The first-order valence-corrected chi connectivity index (χ1v) is 12.2. The third-order valence-corrected chi connectivity index (χ3v) is 6.84. The second kappa shape index (κ2) is 9.64. The molecule has 9 heteroatoms. The van der Waals surface area contributed by atoms with Crippen molar-refractivity contribution < 1.29 is 18.7 Å². The predicted molar refractivity (Wildman–Crippen MR) is 130 cm³/mol. The van der Waals surface area contributed by atoms with E-state index in [0.717, 1.165) is 38.5 Å². The first kappa shape index (κ1) is 23.3. The van der Waals surface area contributed by atoms with Crippen molar-refractivity contribution >= 4 is 22.8 Å². The molecule has 0 saturated heterocycles. The van der Waals surface area contributed by atoms with Crippen LogP contribution in [0.5, 0.6) is 5.75 Å². The number of hydrogen-bond acceptors (Lipinski definition) is 5. The molecule has 2 fully saturated rings. The van der Waals surface area contributed by atoms with Gasteiger partial charge in [-0.2, -0.15) is 0 Å². The topological polar surface area (TPSA) is 109 Å². The van der Waals surface area contributed by atoms with Crippen LogP contribution in [0.15, 0.2) is 24.5 Å². The van der Waals surface area contributed by atoms with Gasteiger partial charge in [-0.1, -0.05) is 0 Å². The van der Waals surface area contributed by atoms with E-state index in [1.165, 1.54) is 25.4 Å². The van der Waals surface area contributed by atoms with E-state index in [-0.39, 0.29) is 29.7 Å². The maximum absolute atomic E-state index is 14.0. The molecule has 0 bridgehead atoms. The SMILES string of the molecule is CC(=O)N[C@H]1CC[C@@H](NC(=O)c2c(C)[nH]c3c(-c4ccc(F)cc4OCC4CC4)ncnc23)CC1. The molecule has 2 heterocycles. The summed E-state index contributed by atoms with van der Waals surface area (Å²) in [6.45, 7) is 3.91. The number of aryl methyl sites for hydroxylation is 1. The molecule has 0 spiro atoms. The van der Waals surface area contributed by atoms with E-state index >= 15 is 0 Å². The standard InChI is InChI=1S/C26H30FN5O3/c1-14-22(26(34)32-19-8-6-18(7-9-19)31-15(2)33)24-25(30-14)23(28-13-29-24)20-10-5-17(27)11-21(20)35-12-16-3-4-16/h5,10-11,13,16,18-19,30H,3-4,6-9,12H2,1-2H3,(H,31,33)(H,32,34)/t18-,19+. The van der Waals surface area contributed by atoms with E-state index in [0.29, 0.717) is 51.8 Å². The zero-order valence-corrected chi connectivity index (χ0v) is 20.0. The number of nitrogens with zero attached hydrogens (tertiary/aromatic N) is 2. The molecule has 5 rings (SSSR count). The van der Waals surface area contributed by atoms with Crippen LogP contribution in [-0.4, -0.2) is 45.5 Å². The van der Waals surface area contributed by atoms with Crippen LogP contribution in [0.2, 0.25) is 0 Å². The number of aromatic amines is 1. The largest absolute Gasteiger partial charge is 0.492 e. The summed E-state index contributed by atoms with van der Waals surface area (Å²) >= 11 is 0. The molecule has 3 aromatic rings. The number of amides is 2. The van der Waals surface area contributed by atoms with Crippen molar-refractivity contribution in [3.05, 3.63) is 41.6 Å². The minimum absolute atomic E-state index is 0.0235. The third kappa shape index (κ3) is 5.13. The van der Waals surface area contributed by atoms with E-state index in [1.807, 2.05) is 6.92 Å². The summed E-state index contributed by atoms with van der Waals surface area (Å²) in [5.74, 6) is 0.370. The first-order chi connectivity index (χ1) is 16.9. The van der Waals surface area contributed by atoms with Crippen molar-refractivity contribution in [2.75, 3.05) is 6.61 Å². The summed E-state index contributed by atoms with van der Waals surface area (Å²) in [6.07, 6.45) is 6.95. The molecule has 0 radical (unpaired) electrons. The molecular weight excluding hydrogens is 449 g/mol. The molecule has 8 nitrogen and oxygen atoms in total. The number of hydrogen-bond donors (Lipinski definition) is 3. The van der Waals surface area contributed by atoms with E-state index in [9.17, 15) is 14.0 Å². The monoisotopic (exact) mass is 479 g/mol. The van der Waals surface area contributed by atoms with E-state index in [2.05, 4.69) is 25.6 Å². The van der Waals surface area contributed by atoms with Gasteiger partial charge in [0.25, 0.3) is 5.91 Å². The second-order valence-corrected chi connectivity index (χ2v) is 9.69. The second-order valence-electron chi connectivity index (χ2n) is 9.69. The number of halogens is 1. The van der Waals surface area contributed by atoms with Crippen LogP contribution in [0.3, 0.4) is 0 Å². The molecule has 2 aliphatic rings. The number of ether oxygens (including phenoxy) is 1. The molecule has 0 unspecified atom stereocenters. The lowest BCUT2D eigenvalue weighted by atomic mass is 9.91. The van der Waals surface area contributed by atoms with Gasteiger partial charge in [0.1, 0.15) is 29.1 Å². The van der Waals surface area contributed by atoms with Gasteiger partial charge in [-0.05, 0) is 63.5 Å². The Balaban J connectivity index is 1.39. The first-order valence-electron chi connectivity index (χ1n) is 12.2. The van der Waals surface area contributed by atoms with Crippen LogP contribution in [0.1, 0.15) is 61.5 Å². The molecule has 184 valence electrons. The van der Waals surface area contributed by atoms with Crippen LogP contribution in [0, 0.1) is 18.7 Å². The van der Waals surface area contributed by atoms with Crippen LogP contribution < -0.4 is 15.4 Å². The smallest absolute Gasteiger partial charge is 0.255 e. The highest BCUT2D eigenvalue weighted by Gasteiger charge is 2.27. The lowest BCUT2D eigenvalue weighted by Crippen LogP contribution is -2.43. The molecule has 2 aromatic heterocycles. The summed E-state index contributed by atoms with van der Waals surface area (Å²) in [5, 5.41) is 6.10. The molecular formula is C26H30FN5O3. The van der Waals surface area contributed by atoms with Crippen LogP contribution >= 0.6 is 0 Å². The average Bonchev–Trinajstić information content (AvgIpc) is 3.58. The van der Waals surface area contributed by atoms with Gasteiger partial charge in [0.15, 0.2) is 0 Å². The van der Waals surface area contributed by atoms with Crippen LogP contribution in [0.4, 0.5) is 4.39 Å². The van der Waals surface area contributed by atoms with E-state index in [1.54, 1.807) is 6.07 Å². The van der Waals surface area contributed by atoms with Crippen molar-refractivity contribution in [1.29, 1.82) is 0 Å². The van der Waals surface area contributed by atoms with Crippen molar-refractivity contribution in [1.82, 2.24) is 25.6 Å². The zero-order valence-electron chi connectivity index (χ0n) is 20.0. The molecule has 3 N–H and O–H groups in total. The summed E-state index contributed by atoms with van der Waals surface area (Å²) < 4.78 is 19.9. The Bertz CT molecular complexity index is 1260.